The summed E-state index contributed by atoms with van der Waals surface area (Å²) in [6.45, 7) is 2.44. The van der Waals surface area contributed by atoms with Crippen molar-refractivity contribution in [3.63, 3.8) is 0 Å². The lowest BCUT2D eigenvalue weighted by molar-refractivity contribution is -0.0104. The van der Waals surface area contributed by atoms with Crippen molar-refractivity contribution in [1.82, 2.24) is 4.90 Å². The predicted octanol–water partition coefficient (Wildman–Crippen LogP) is 3.66. The molecule has 0 aromatic heterocycles. The summed E-state index contributed by atoms with van der Waals surface area (Å²) in [5, 5.41) is 0. The Morgan fingerprint density at radius 1 is 1.24 bits per heavy atom. The first-order chi connectivity index (χ1) is 8.08. The molecular formula is C14H15BrFN. The van der Waals surface area contributed by atoms with E-state index in [9.17, 15) is 4.39 Å². The molecule has 2 fully saturated rings. The van der Waals surface area contributed by atoms with Gasteiger partial charge in [-0.25, -0.2) is 4.39 Å². The molecule has 0 bridgehead atoms. The van der Waals surface area contributed by atoms with Gasteiger partial charge in [-0.2, -0.15) is 0 Å². The van der Waals surface area contributed by atoms with Crippen molar-refractivity contribution in [3.8, 4) is 0 Å². The van der Waals surface area contributed by atoms with E-state index in [1.807, 2.05) is 12.1 Å². The van der Waals surface area contributed by atoms with Crippen LogP contribution < -0.4 is 0 Å². The average Bonchev–Trinajstić information content (AvgIpc) is 2.21. The summed E-state index contributed by atoms with van der Waals surface area (Å²) in [6, 6.07) is 6.71. The Morgan fingerprint density at radius 2 is 1.82 bits per heavy atom. The van der Waals surface area contributed by atoms with Gasteiger partial charge >= 0.3 is 0 Å². The first-order valence-corrected chi connectivity index (χ1v) is 6.69. The maximum Gasteiger partial charge on any atom is 0.123 e. The Balaban J connectivity index is 1.75. The molecule has 3 rings (SSSR count). The maximum atomic E-state index is 12.8. The summed E-state index contributed by atoms with van der Waals surface area (Å²) in [5.74, 6) is -0.176. The third-order valence-electron chi connectivity index (χ3n) is 3.80. The Morgan fingerprint density at radius 3 is 2.35 bits per heavy atom. The fourth-order valence-corrected chi connectivity index (χ4v) is 3.68. The van der Waals surface area contributed by atoms with Crippen LogP contribution in [0.1, 0.15) is 18.4 Å². The van der Waals surface area contributed by atoms with Crippen molar-refractivity contribution in [2.24, 2.45) is 5.41 Å². The van der Waals surface area contributed by atoms with E-state index in [-0.39, 0.29) is 5.82 Å². The van der Waals surface area contributed by atoms with E-state index in [0.717, 1.165) is 10.0 Å². The highest BCUT2D eigenvalue weighted by atomic mass is 79.9. The number of halogens is 2. The third-order valence-corrected chi connectivity index (χ3v) is 4.81. The molecule has 1 saturated heterocycles. The molecule has 0 atom stereocenters. The predicted molar refractivity (Wildman–Crippen MR) is 71.4 cm³/mol. The van der Waals surface area contributed by atoms with Crippen LogP contribution in [0.3, 0.4) is 0 Å². The van der Waals surface area contributed by atoms with Gasteiger partial charge in [-0.1, -0.05) is 33.6 Å². The van der Waals surface area contributed by atoms with Gasteiger partial charge in [0.25, 0.3) is 0 Å². The van der Waals surface area contributed by atoms with Crippen LogP contribution in [-0.2, 0) is 0 Å². The first-order valence-electron chi connectivity index (χ1n) is 5.90. The topological polar surface area (TPSA) is 3.24 Å². The molecule has 0 N–H and O–H groups in total. The molecule has 1 aromatic carbocycles. The van der Waals surface area contributed by atoms with E-state index in [2.05, 4.69) is 27.9 Å². The molecule has 3 heteroatoms. The monoisotopic (exact) mass is 295 g/mol. The Hall–Kier alpha value is -0.670. The van der Waals surface area contributed by atoms with Crippen molar-refractivity contribution < 1.29 is 4.39 Å². The molecule has 2 aliphatic rings. The zero-order valence-corrected chi connectivity index (χ0v) is 11.4. The van der Waals surface area contributed by atoms with Crippen LogP contribution in [-0.4, -0.2) is 25.0 Å². The number of hydrogen-bond acceptors (Lipinski definition) is 1. The zero-order chi connectivity index (χ0) is 12.0. The Bertz CT molecular complexity index is 462. The van der Waals surface area contributed by atoms with Gasteiger partial charge in [0.1, 0.15) is 5.82 Å². The quantitative estimate of drug-likeness (QED) is 0.764. The summed E-state index contributed by atoms with van der Waals surface area (Å²) in [6.07, 6.45) is 2.38. The first kappa shape index (κ1) is 11.4. The van der Waals surface area contributed by atoms with Crippen molar-refractivity contribution in [2.45, 2.75) is 12.8 Å². The lowest BCUT2D eigenvalue weighted by atomic mass is 9.60. The van der Waals surface area contributed by atoms with Crippen LogP contribution in [0.5, 0.6) is 0 Å². The Labute approximate surface area is 109 Å². The van der Waals surface area contributed by atoms with E-state index >= 15 is 0 Å². The van der Waals surface area contributed by atoms with Crippen molar-refractivity contribution in [1.29, 1.82) is 0 Å². The fraction of sp³-hybridized carbons (Fsp3) is 0.429. The molecule has 1 saturated carbocycles. The molecule has 0 amide bonds. The molecule has 1 heterocycles. The van der Waals surface area contributed by atoms with Crippen LogP contribution in [0.25, 0.3) is 4.48 Å². The molecule has 1 nitrogen and oxygen atoms in total. The van der Waals surface area contributed by atoms with Gasteiger partial charge in [-0.15, -0.1) is 0 Å². The summed E-state index contributed by atoms with van der Waals surface area (Å²) in [7, 11) is 2.17. The van der Waals surface area contributed by atoms with Crippen LogP contribution in [0.15, 0.2) is 29.8 Å². The van der Waals surface area contributed by atoms with Gasteiger partial charge in [0.2, 0.25) is 0 Å². The van der Waals surface area contributed by atoms with Gasteiger partial charge in [-0.3, -0.25) is 0 Å². The Kier molecular flexibility index (Phi) is 2.64. The van der Waals surface area contributed by atoms with Gasteiger partial charge in [0.15, 0.2) is 0 Å². The molecule has 0 unspecified atom stereocenters. The summed E-state index contributed by atoms with van der Waals surface area (Å²) in [4.78, 5) is 2.36. The molecule has 90 valence electrons. The van der Waals surface area contributed by atoms with Gasteiger partial charge in [0, 0.05) is 23.0 Å². The minimum atomic E-state index is -0.176. The van der Waals surface area contributed by atoms with Crippen LogP contribution in [0, 0.1) is 11.2 Å². The van der Waals surface area contributed by atoms with Crippen molar-refractivity contribution in [2.75, 3.05) is 20.1 Å². The molecule has 1 aliphatic heterocycles. The largest absolute Gasteiger partial charge is 0.305 e. The standard InChI is InChI=1S/C14H15BrFN/c1-17-8-14(9-17)6-11(7-14)13(15)10-2-4-12(16)5-3-10/h2-5H,6-9H2,1H3. The smallest absolute Gasteiger partial charge is 0.123 e. The molecular weight excluding hydrogens is 281 g/mol. The van der Waals surface area contributed by atoms with Gasteiger partial charge in [-0.05, 0) is 37.6 Å². The van der Waals surface area contributed by atoms with Crippen molar-refractivity contribution in [3.05, 3.63) is 41.2 Å². The van der Waals surface area contributed by atoms with E-state index in [1.165, 1.54) is 43.6 Å². The SMILES string of the molecule is CN1CC2(CC(=C(Br)c3ccc(F)cc3)C2)C1. The molecule has 17 heavy (non-hydrogen) atoms. The summed E-state index contributed by atoms with van der Waals surface area (Å²) in [5.41, 5.74) is 3.12. The summed E-state index contributed by atoms with van der Waals surface area (Å²) < 4.78 is 14.0. The summed E-state index contributed by atoms with van der Waals surface area (Å²) >= 11 is 3.65. The second kappa shape index (κ2) is 3.92. The van der Waals surface area contributed by atoms with Crippen molar-refractivity contribution >= 4 is 20.4 Å². The molecule has 1 spiro atoms. The van der Waals surface area contributed by atoms with Gasteiger partial charge < -0.3 is 4.90 Å². The van der Waals surface area contributed by atoms with E-state index in [4.69, 9.17) is 0 Å². The molecule has 1 aliphatic carbocycles. The van der Waals surface area contributed by atoms with Crippen LogP contribution in [0.2, 0.25) is 0 Å². The lowest BCUT2D eigenvalue weighted by Gasteiger charge is -2.56. The highest BCUT2D eigenvalue weighted by molar-refractivity contribution is 9.15. The zero-order valence-electron chi connectivity index (χ0n) is 9.84. The van der Waals surface area contributed by atoms with Crippen LogP contribution >= 0.6 is 15.9 Å². The van der Waals surface area contributed by atoms with E-state index < -0.39 is 0 Å². The third kappa shape index (κ3) is 1.95. The normalized spacial score (nSPS) is 22.2. The maximum absolute atomic E-state index is 12.8. The average molecular weight is 296 g/mol. The minimum absolute atomic E-state index is 0.176. The van der Waals surface area contributed by atoms with E-state index in [1.54, 1.807) is 0 Å². The number of rotatable bonds is 1. The number of nitrogens with zero attached hydrogens (tertiary/aromatic N) is 1. The number of hydrogen-bond donors (Lipinski definition) is 0. The lowest BCUT2D eigenvalue weighted by Crippen LogP contribution is -2.58. The second-order valence-electron chi connectivity index (χ2n) is 5.45. The van der Waals surface area contributed by atoms with E-state index in [0.29, 0.717) is 5.41 Å². The number of benzene rings is 1. The van der Waals surface area contributed by atoms with Crippen LogP contribution in [0.4, 0.5) is 4.39 Å². The highest BCUT2D eigenvalue weighted by Crippen LogP contribution is 2.54. The van der Waals surface area contributed by atoms with Gasteiger partial charge in [0.05, 0.1) is 0 Å². The number of likely N-dealkylation sites (tertiary alicyclic amines) is 1. The second-order valence-corrected chi connectivity index (χ2v) is 6.24. The molecule has 1 aromatic rings. The fourth-order valence-electron chi connectivity index (χ4n) is 3.13. The minimum Gasteiger partial charge on any atom is -0.305 e. The highest BCUT2D eigenvalue weighted by Gasteiger charge is 2.49. The molecule has 0 radical (unpaired) electrons. The number of allylic oxidation sites excluding steroid dienone is 1.